The number of rotatable bonds is 7. The normalized spacial score (nSPS) is 19.5. The van der Waals surface area contributed by atoms with Crippen LogP contribution in [-0.4, -0.2) is 35.3 Å². The van der Waals surface area contributed by atoms with Crippen molar-refractivity contribution >= 4 is 31.2 Å². The van der Waals surface area contributed by atoms with Gasteiger partial charge in [0, 0.05) is 0 Å². The van der Waals surface area contributed by atoms with Crippen LogP contribution < -0.4 is 0 Å². The van der Waals surface area contributed by atoms with E-state index in [0.717, 1.165) is 0 Å². The Morgan fingerprint density at radius 3 is 1.58 bits per heavy atom. The fourth-order valence-corrected chi connectivity index (χ4v) is 2.49. The van der Waals surface area contributed by atoms with Crippen molar-refractivity contribution in [2.45, 2.75) is 6.10 Å². The maximum Gasteiger partial charge on any atom is 0.437 e. The first kappa shape index (κ1) is 18.7. The second-order valence-corrected chi connectivity index (χ2v) is 7.68. The Bertz CT molecular complexity index is 532. The lowest BCUT2D eigenvalue weighted by Gasteiger charge is -2.41. The minimum Gasteiger partial charge on any atom is -0.242 e. The minimum absolute atomic E-state index is 2.12. The highest BCUT2D eigenvalue weighted by Crippen LogP contribution is 2.97. The summed E-state index contributed by atoms with van der Waals surface area (Å²) in [5.41, 5.74) is 0. The second-order valence-electron chi connectivity index (χ2n) is 3.08. The molecule has 0 bridgehead atoms. The van der Waals surface area contributed by atoms with Gasteiger partial charge < -0.3 is 0 Å². The molecule has 0 radical (unpaired) electrons. The molecule has 0 saturated heterocycles. The van der Waals surface area contributed by atoms with E-state index in [1.165, 1.54) is 0 Å². The molecule has 0 rings (SSSR count). The summed E-state index contributed by atoms with van der Waals surface area (Å²) in [6.07, 6.45) is -3.31. The molecule has 120 valence electrons. The van der Waals surface area contributed by atoms with E-state index in [1.807, 2.05) is 0 Å². The van der Waals surface area contributed by atoms with E-state index in [1.54, 1.807) is 0 Å². The van der Waals surface area contributed by atoms with E-state index in [0.29, 0.717) is 0 Å². The lowest BCUT2D eigenvalue weighted by molar-refractivity contribution is 0.133. The van der Waals surface area contributed by atoms with Gasteiger partial charge in [-0.05, 0) is 0 Å². The quantitative estimate of drug-likeness (QED) is 0.507. The molecule has 0 aliphatic carbocycles. The fraction of sp³-hybridized carbons (Fsp3) is 1.00. The first-order chi connectivity index (χ1) is 7.76. The maximum atomic E-state index is 12.0. The summed E-state index contributed by atoms with van der Waals surface area (Å²) < 4.78 is 129. The molecule has 19 heavy (non-hydrogen) atoms. The molecule has 0 aromatic carbocycles. The molecule has 0 aliphatic heterocycles. The van der Waals surface area contributed by atoms with Crippen LogP contribution in [0.3, 0.4) is 0 Å². The molecule has 0 amide bonds. The predicted octanol–water partition coefficient (Wildman–Crippen LogP) is 2.12. The van der Waals surface area contributed by atoms with Gasteiger partial charge in [0.1, 0.15) is 11.9 Å². The van der Waals surface area contributed by atoms with E-state index < -0.39 is 49.7 Å². The van der Waals surface area contributed by atoms with Crippen LogP contribution in [0.2, 0.25) is 0 Å². The van der Waals surface area contributed by atoms with Crippen molar-refractivity contribution in [3.63, 3.8) is 0 Å². The van der Waals surface area contributed by atoms with Crippen molar-refractivity contribution < 1.29 is 52.4 Å². The van der Waals surface area contributed by atoms with Crippen LogP contribution in [0.5, 0.6) is 0 Å². The third-order valence-electron chi connectivity index (χ3n) is 1.15. The van der Waals surface area contributed by atoms with Gasteiger partial charge in [-0.1, -0.05) is 27.2 Å². The monoisotopic (exact) mass is 366 g/mol. The van der Waals surface area contributed by atoms with E-state index >= 15 is 0 Å². The summed E-state index contributed by atoms with van der Waals surface area (Å²) in [4.78, 5) is 0. The fourth-order valence-electron chi connectivity index (χ4n) is 0.775. The molecule has 16 heteroatoms. The van der Waals surface area contributed by atoms with Crippen molar-refractivity contribution in [3.05, 3.63) is 0 Å². The van der Waals surface area contributed by atoms with E-state index in [-0.39, 0.29) is 0 Å². The number of hydrogen-bond acceptors (Lipinski definition) is 6. The van der Waals surface area contributed by atoms with Gasteiger partial charge in [0.25, 0.3) is 10.2 Å². The molecule has 6 nitrogen and oxygen atoms in total. The van der Waals surface area contributed by atoms with Gasteiger partial charge >= 0.3 is 21.0 Å². The van der Waals surface area contributed by atoms with Crippen LogP contribution >= 0.6 is 10.2 Å². The molecule has 0 aliphatic rings. The van der Waals surface area contributed by atoms with E-state index in [4.69, 9.17) is 0 Å². The SMILES string of the molecule is O=S(=O)(F)OCC(CS(F)(F)(F)(F)F)OS(=O)(=O)F. The van der Waals surface area contributed by atoms with Crippen LogP contribution in [0.25, 0.3) is 0 Å². The minimum atomic E-state index is -10.3. The zero-order valence-corrected chi connectivity index (χ0v) is 10.8. The van der Waals surface area contributed by atoms with Gasteiger partial charge in [-0.3, -0.25) is 0 Å². The van der Waals surface area contributed by atoms with Crippen molar-refractivity contribution in [1.82, 2.24) is 0 Å². The maximum absolute atomic E-state index is 12.0. The average molecular weight is 366 g/mol. The van der Waals surface area contributed by atoms with Gasteiger partial charge in [0.15, 0.2) is 0 Å². The van der Waals surface area contributed by atoms with Crippen LogP contribution in [-0.2, 0) is 29.4 Å². The summed E-state index contributed by atoms with van der Waals surface area (Å²) in [6.45, 7) is -2.12. The summed E-state index contributed by atoms with van der Waals surface area (Å²) in [6, 6.07) is 0. The summed E-state index contributed by atoms with van der Waals surface area (Å²) >= 11 is 0. The molecule has 1 unspecified atom stereocenters. The van der Waals surface area contributed by atoms with Crippen molar-refractivity contribution in [2.75, 3.05) is 12.4 Å². The molecular formula is C3H5F7O6S3. The average Bonchev–Trinajstić information content (AvgIpc) is 1.89. The number of halogens is 7. The Labute approximate surface area is 103 Å². The summed E-state index contributed by atoms with van der Waals surface area (Å²) in [5.74, 6) is -3.32. The predicted molar refractivity (Wildman–Crippen MR) is 48.9 cm³/mol. The van der Waals surface area contributed by atoms with Crippen molar-refractivity contribution in [3.8, 4) is 0 Å². The molecular weight excluding hydrogens is 361 g/mol. The molecule has 0 saturated carbocycles. The lowest BCUT2D eigenvalue weighted by atomic mass is 10.4. The Morgan fingerprint density at radius 2 is 1.32 bits per heavy atom. The topological polar surface area (TPSA) is 86.7 Å². The first-order valence-corrected chi connectivity index (χ1v) is 8.45. The third kappa shape index (κ3) is 13.9. The standard InChI is InChI=1S/C3H5F7O6S3/c4-17(11,12)15-1-3(16-18(5,13)14)2-19(6,7,8,9)10/h3H,1-2H2. The van der Waals surface area contributed by atoms with Gasteiger partial charge in [0.05, 0.1) is 6.61 Å². The molecule has 0 aromatic rings. The highest BCUT2D eigenvalue weighted by molar-refractivity contribution is 8.45. The van der Waals surface area contributed by atoms with Crippen LogP contribution in [0.4, 0.5) is 27.2 Å². The van der Waals surface area contributed by atoms with Crippen LogP contribution in [0, 0.1) is 0 Å². The zero-order chi connectivity index (χ0) is 15.8. The van der Waals surface area contributed by atoms with Gasteiger partial charge in [-0.2, -0.15) is 16.8 Å². The van der Waals surface area contributed by atoms with E-state index in [9.17, 15) is 44.0 Å². The Kier molecular flexibility index (Phi) is 4.26. The highest BCUT2D eigenvalue weighted by Gasteiger charge is 2.65. The molecule has 0 aromatic heterocycles. The largest absolute Gasteiger partial charge is 0.437 e. The smallest absolute Gasteiger partial charge is 0.242 e. The summed E-state index contributed by atoms with van der Waals surface area (Å²) in [7, 11) is -22.3. The van der Waals surface area contributed by atoms with Gasteiger partial charge in [-0.25, -0.2) is 8.37 Å². The van der Waals surface area contributed by atoms with Crippen molar-refractivity contribution in [2.24, 2.45) is 0 Å². The molecule has 0 fully saturated rings. The molecule has 0 spiro atoms. The molecule has 0 N–H and O–H groups in total. The van der Waals surface area contributed by atoms with E-state index in [2.05, 4.69) is 8.37 Å². The molecule has 0 heterocycles. The Hall–Kier alpha value is -0.320. The van der Waals surface area contributed by atoms with Crippen LogP contribution in [0.1, 0.15) is 0 Å². The Balaban J connectivity index is 5.12. The van der Waals surface area contributed by atoms with Crippen molar-refractivity contribution in [1.29, 1.82) is 0 Å². The molecule has 1 atom stereocenters. The first-order valence-electron chi connectivity index (χ1n) is 3.71. The third-order valence-corrected chi connectivity index (χ3v) is 3.07. The highest BCUT2D eigenvalue weighted by atomic mass is 32.5. The van der Waals surface area contributed by atoms with Gasteiger partial charge in [-0.15, -0.1) is 0 Å². The number of hydrogen-bond donors (Lipinski definition) is 0. The summed E-state index contributed by atoms with van der Waals surface area (Å²) in [5, 5.41) is 0. The Morgan fingerprint density at radius 1 is 0.895 bits per heavy atom. The lowest BCUT2D eigenvalue weighted by Crippen LogP contribution is -2.32. The van der Waals surface area contributed by atoms with Crippen LogP contribution in [0.15, 0.2) is 0 Å². The van der Waals surface area contributed by atoms with Gasteiger partial charge in [0.2, 0.25) is 0 Å². The zero-order valence-electron chi connectivity index (χ0n) is 8.31. The second kappa shape index (κ2) is 4.34.